The number of ether oxygens (including phenoxy) is 1. The molecule has 1 aliphatic rings. The summed E-state index contributed by atoms with van der Waals surface area (Å²) in [6.45, 7) is 4.38. The van der Waals surface area contributed by atoms with E-state index in [1.807, 2.05) is 6.07 Å². The van der Waals surface area contributed by atoms with Gasteiger partial charge in [-0.2, -0.15) is 0 Å². The number of likely N-dealkylation sites (tertiary alicyclic amines) is 1. The molecule has 1 fully saturated rings. The standard InChI is InChI=1S/C13H20N2O/c1-10-4-5-13(16-3)12(8-10)14-11-6-7-15(2)9-11/h4-5,8,11,14H,6-7,9H2,1-3H3. The molecule has 0 saturated carbocycles. The predicted molar refractivity (Wildman–Crippen MR) is 67.3 cm³/mol. The van der Waals surface area contributed by atoms with Crippen LogP contribution in [-0.2, 0) is 0 Å². The third kappa shape index (κ3) is 2.47. The van der Waals surface area contributed by atoms with Crippen LogP contribution in [0.4, 0.5) is 5.69 Å². The maximum absolute atomic E-state index is 5.36. The van der Waals surface area contributed by atoms with Crippen molar-refractivity contribution in [1.29, 1.82) is 0 Å². The van der Waals surface area contributed by atoms with Gasteiger partial charge in [-0.05, 0) is 44.6 Å². The molecule has 3 nitrogen and oxygen atoms in total. The van der Waals surface area contributed by atoms with Crippen molar-refractivity contribution in [2.45, 2.75) is 19.4 Å². The fourth-order valence-electron chi connectivity index (χ4n) is 2.21. The van der Waals surface area contributed by atoms with E-state index in [2.05, 4.69) is 36.3 Å². The summed E-state index contributed by atoms with van der Waals surface area (Å²) < 4.78 is 5.36. The molecule has 1 aliphatic heterocycles. The number of hydrogen-bond donors (Lipinski definition) is 1. The van der Waals surface area contributed by atoms with Crippen molar-refractivity contribution in [2.24, 2.45) is 0 Å². The Morgan fingerprint density at radius 1 is 1.44 bits per heavy atom. The van der Waals surface area contributed by atoms with E-state index in [1.54, 1.807) is 7.11 Å². The smallest absolute Gasteiger partial charge is 0.141 e. The Bertz CT molecular complexity index is 365. The normalized spacial score (nSPS) is 21.1. The molecule has 0 aliphatic carbocycles. The molecule has 2 rings (SSSR count). The van der Waals surface area contributed by atoms with E-state index in [0.29, 0.717) is 6.04 Å². The molecule has 0 spiro atoms. The molecular formula is C13H20N2O. The Morgan fingerprint density at radius 3 is 2.88 bits per heavy atom. The van der Waals surface area contributed by atoms with Crippen LogP contribution in [0.15, 0.2) is 18.2 Å². The van der Waals surface area contributed by atoms with E-state index in [9.17, 15) is 0 Å². The number of nitrogens with one attached hydrogen (secondary N) is 1. The van der Waals surface area contributed by atoms with E-state index < -0.39 is 0 Å². The van der Waals surface area contributed by atoms with Crippen molar-refractivity contribution in [3.05, 3.63) is 23.8 Å². The Balaban J connectivity index is 2.10. The molecule has 3 heteroatoms. The molecule has 1 aromatic carbocycles. The van der Waals surface area contributed by atoms with Gasteiger partial charge in [0.2, 0.25) is 0 Å². The number of anilines is 1. The van der Waals surface area contributed by atoms with Crippen LogP contribution in [0.5, 0.6) is 5.75 Å². The molecule has 16 heavy (non-hydrogen) atoms. The van der Waals surface area contributed by atoms with Crippen molar-refractivity contribution in [3.8, 4) is 5.75 Å². The molecule has 1 aromatic rings. The maximum atomic E-state index is 5.36. The zero-order valence-corrected chi connectivity index (χ0v) is 10.3. The lowest BCUT2D eigenvalue weighted by atomic mass is 10.2. The van der Waals surface area contributed by atoms with E-state index in [4.69, 9.17) is 4.74 Å². The van der Waals surface area contributed by atoms with Gasteiger partial charge in [-0.1, -0.05) is 6.07 Å². The van der Waals surface area contributed by atoms with Crippen LogP contribution in [0.25, 0.3) is 0 Å². The number of benzene rings is 1. The van der Waals surface area contributed by atoms with E-state index in [0.717, 1.165) is 18.0 Å². The van der Waals surface area contributed by atoms with Gasteiger partial charge in [0.25, 0.3) is 0 Å². The van der Waals surface area contributed by atoms with Crippen LogP contribution < -0.4 is 10.1 Å². The highest BCUT2D eigenvalue weighted by Crippen LogP contribution is 2.27. The van der Waals surface area contributed by atoms with Crippen LogP contribution in [0.1, 0.15) is 12.0 Å². The third-order valence-electron chi connectivity index (χ3n) is 3.11. The number of methoxy groups -OCH3 is 1. The van der Waals surface area contributed by atoms with Gasteiger partial charge in [-0.3, -0.25) is 0 Å². The molecule has 0 bridgehead atoms. The van der Waals surface area contributed by atoms with Crippen LogP contribution in [-0.4, -0.2) is 38.2 Å². The second kappa shape index (κ2) is 4.74. The van der Waals surface area contributed by atoms with Crippen LogP contribution in [0, 0.1) is 6.92 Å². The van der Waals surface area contributed by atoms with Crippen LogP contribution in [0.3, 0.4) is 0 Å². The lowest BCUT2D eigenvalue weighted by Crippen LogP contribution is -2.23. The van der Waals surface area contributed by atoms with Gasteiger partial charge in [0, 0.05) is 12.6 Å². The largest absolute Gasteiger partial charge is 0.495 e. The van der Waals surface area contributed by atoms with Crippen LogP contribution >= 0.6 is 0 Å². The summed E-state index contributed by atoms with van der Waals surface area (Å²) in [5.41, 5.74) is 2.37. The van der Waals surface area contributed by atoms with Crippen LogP contribution in [0.2, 0.25) is 0 Å². The van der Waals surface area contributed by atoms with Gasteiger partial charge in [-0.15, -0.1) is 0 Å². The number of nitrogens with zero attached hydrogens (tertiary/aromatic N) is 1. The zero-order chi connectivity index (χ0) is 11.5. The number of likely N-dealkylation sites (N-methyl/N-ethyl adjacent to an activating group) is 1. The van der Waals surface area contributed by atoms with Gasteiger partial charge < -0.3 is 15.0 Å². The molecule has 1 saturated heterocycles. The quantitative estimate of drug-likeness (QED) is 0.844. The first kappa shape index (κ1) is 11.3. The van der Waals surface area contributed by atoms with Crippen molar-refractivity contribution in [3.63, 3.8) is 0 Å². The molecule has 1 heterocycles. The summed E-state index contributed by atoms with van der Waals surface area (Å²) in [5, 5.41) is 3.56. The highest BCUT2D eigenvalue weighted by Gasteiger charge is 2.19. The Morgan fingerprint density at radius 2 is 2.25 bits per heavy atom. The van der Waals surface area contributed by atoms with Gasteiger partial charge in [0.1, 0.15) is 5.75 Å². The van der Waals surface area contributed by atoms with Crippen molar-refractivity contribution in [1.82, 2.24) is 4.90 Å². The minimum Gasteiger partial charge on any atom is -0.495 e. The first-order valence-corrected chi connectivity index (χ1v) is 5.79. The Hall–Kier alpha value is -1.22. The summed E-state index contributed by atoms with van der Waals surface area (Å²) in [4.78, 5) is 2.35. The Labute approximate surface area is 97.4 Å². The molecule has 88 valence electrons. The lowest BCUT2D eigenvalue weighted by Gasteiger charge is -2.17. The molecular weight excluding hydrogens is 200 g/mol. The average Bonchev–Trinajstić information content (AvgIpc) is 2.64. The molecule has 0 radical (unpaired) electrons. The second-order valence-corrected chi connectivity index (χ2v) is 4.60. The predicted octanol–water partition coefficient (Wildman–Crippen LogP) is 2.12. The topological polar surface area (TPSA) is 24.5 Å². The van der Waals surface area contributed by atoms with E-state index in [1.165, 1.54) is 18.5 Å². The van der Waals surface area contributed by atoms with Gasteiger partial charge in [-0.25, -0.2) is 0 Å². The van der Waals surface area contributed by atoms with Gasteiger partial charge in [0.15, 0.2) is 0 Å². The maximum Gasteiger partial charge on any atom is 0.141 e. The minimum absolute atomic E-state index is 0.542. The number of hydrogen-bond acceptors (Lipinski definition) is 3. The molecule has 1 N–H and O–H groups in total. The fourth-order valence-corrected chi connectivity index (χ4v) is 2.21. The molecule has 0 aromatic heterocycles. The highest BCUT2D eigenvalue weighted by molar-refractivity contribution is 5.58. The third-order valence-corrected chi connectivity index (χ3v) is 3.11. The fraction of sp³-hybridized carbons (Fsp3) is 0.538. The van der Waals surface area contributed by atoms with Gasteiger partial charge in [0.05, 0.1) is 12.8 Å². The number of aryl methyl sites for hydroxylation is 1. The van der Waals surface area contributed by atoms with Crippen molar-refractivity contribution in [2.75, 3.05) is 32.6 Å². The minimum atomic E-state index is 0.542. The second-order valence-electron chi connectivity index (χ2n) is 4.60. The summed E-state index contributed by atoms with van der Waals surface area (Å²) in [5.74, 6) is 0.931. The van der Waals surface area contributed by atoms with Crippen molar-refractivity contribution < 1.29 is 4.74 Å². The highest BCUT2D eigenvalue weighted by atomic mass is 16.5. The van der Waals surface area contributed by atoms with E-state index in [-0.39, 0.29) is 0 Å². The Kier molecular flexibility index (Phi) is 3.34. The lowest BCUT2D eigenvalue weighted by molar-refractivity contribution is 0.410. The molecule has 1 atom stereocenters. The van der Waals surface area contributed by atoms with Crippen molar-refractivity contribution >= 4 is 5.69 Å². The monoisotopic (exact) mass is 220 g/mol. The summed E-state index contributed by atoms with van der Waals surface area (Å²) in [6.07, 6.45) is 1.20. The molecule has 0 amide bonds. The molecule has 1 unspecified atom stereocenters. The summed E-state index contributed by atoms with van der Waals surface area (Å²) in [6, 6.07) is 6.79. The SMILES string of the molecule is COc1ccc(C)cc1NC1CCN(C)C1. The first-order chi connectivity index (χ1) is 7.69. The van der Waals surface area contributed by atoms with Gasteiger partial charge >= 0.3 is 0 Å². The average molecular weight is 220 g/mol. The number of rotatable bonds is 3. The zero-order valence-electron chi connectivity index (χ0n) is 10.3. The summed E-state index contributed by atoms with van der Waals surface area (Å²) >= 11 is 0. The first-order valence-electron chi connectivity index (χ1n) is 5.79. The van der Waals surface area contributed by atoms with E-state index >= 15 is 0 Å². The summed E-state index contributed by atoms with van der Waals surface area (Å²) in [7, 11) is 3.88.